The largest absolute Gasteiger partial charge is 0.340 e. The molecule has 31 heavy (non-hydrogen) atoms. The monoisotopic (exact) mass is 433 g/mol. The van der Waals surface area contributed by atoms with Crippen molar-refractivity contribution in [2.24, 2.45) is 0 Å². The van der Waals surface area contributed by atoms with Crippen molar-refractivity contribution in [1.29, 1.82) is 0 Å². The van der Waals surface area contributed by atoms with Crippen LogP contribution in [0.5, 0.6) is 0 Å². The Balaban J connectivity index is 1.36. The van der Waals surface area contributed by atoms with Gasteiger partial charge in [0, 0.05) is 48.5 Å². The zero-order valence-electron chi connectivity index (χ0n) is 18.8. The SMILES string of the molecule is Cc1ccc(Nc2cc(C)nc(N3CCN(Sc4ccc(C(C)C)cc4)CC3)n2)cc1. The second-order valence-corrected chi connectivity index (χ2v) is 9.59. The number of hydrogen-bond donors (Lipinski definition) is 1. The fourth-order valence-electron chi connectivity index (χ4n) is 3.59. The van der Waals surface area contributed by atoms with Gasteiger partial charge in [0.1, 0.15) is 5.82 Å². The van der Waals surface area contributed by atoms with Crippen molar-refractivity contribution in [2.45, 2.75) is 38.5 Å². The van der Waals surface area contributed by atoms with Crippen molar-refractivity contribution in [2.75, 3.05) is 36.4 Å². The van der Waals surface area contributed by atoms with Gasteiger partial charge < -0.3 is 10.2 Å². The Morgan fingerprint density at radius 1 is 0.871 bits per heavy atom. The second-order valence-electron chi connectivity index (χ2n) is 8.42. The molecule has 4 rings (SSSR count). The molecular formula is C25H31N5S. The molecule has 0 amide bonds. The Morgan fingerprint density at radius 2 is 1.55 bits per heavy atom. The van der Waals surface area contributed by atoms with Gasteiger partial charge >= 0.3 is 0 Å². The number of aryl methyl sites for hydroxylation is 2. The average molecular weight is 434 g/mol. The molecule has 1 fully saturated rings. The van der Waals surface area contributed by atoms with Crippen molar-refractivity contribution >= 4 is 29.4 Å². The molecule has 5 nitrogen and oxygen atoms in total. The van der Waals surface area contributed by atoms with Crippen LogP contribution >= 0.6 is 11.9 Å². The standard InChI is InChI=1S/C25H31N5S/c1-18(2)21-7-11-23(12-8-21)31-30-15-13-29(14-16-30)25-26-20(4)17-24(28-25)27-22-9-5-19(3)6-10-22/h5-12,17-18H,13-16H2,1-4H3,(H,26,27,28). The smallest absolute Gasteiger partial charge is 0.227 e. The number of piperazine rings is 1. The lowest BCUT2D eigenvalue weighted by Crippen LogP contribution is -2.44. The molecule has 3 aromatic rings. The summed E-state index contributed by atoms with van der Waals surface area (Å²) < 4.78 is 2.43. The third-order valence-corrected chi connectivity index (χ3v) is 6.58. The van der Waals surface area contributed by atoms with E-state index in [1.807, 2.05) is 24.9 Å². The van der Waals surface area contributed by atoms with E-state index in [2.05, 4.69) is 83.8 Å². The minimum absolute atomic E-state index is 0.572. The summed E-state index contributed by atoms with van der Waals surface area (Å²) in [5, 5.41) is 3.41. The van der Waals surface area contributed by atoms with Gasteiger partial charge in [0.15, 0.2) is 0 Å². The molecule has 1 saturated heterocycles. The minimum atomic E-state index is 0.572. The Kier molecular flexibility index (Phi) is 6.78. The predicted molar refractivity (Wildman–Crippen MR) is 131 cm³/mol. The summed E-state index contributed by atoms with van der Waals surface area (Å²) in [6.45, 7) is 12.4. The Bertz CT molecular complexity index is 993. The Morgan fingerprint density at radius 3 is 2.19 bits per heavy atom. The molecule has 2 aromatic carbocycles. The number of hydrogen-bond acceptors (Lipinski definition) is 6. The fourth-order valence-corrected chi connectivity index (χ4v) is 4.49. The predicted octanol–water partition coefficient (Wildman–Crippen LogP) is 5.79. The quantitative estimate of drug-likeness (QED) is 0.497. The molecule has 0 atom stereocenters. The first kappa shape index (κ1) is 21.7. The average Bonchev–Trinajstić information content (AvgIpc) is 2.76. The van der Waals surface area contributed by atoms with Crippen LogP contribution in [0.15, 0.2) is 59.5 Å². The Hall–Kier alpha value is -2.57. The molecule has 2 heterocycles. The van der Waals surface area contributed by atoms with Gasteiger partial charge in [0.2, 0.25) is 5.95 Å². The number of rotatable bonds is 6. The van der Waals surface area contributed by atoms with Gasteiger partial charge in [-0.1, -0.05) is 43.7 Å². The van der Waals surface area contributed by atoms with Crippen LogP contribution in [-0.4, -0.2) is 40.5 Å². The molecule has 0 aliphatic carbocycles. The number of nitrogens with zero attached hydrogens (tertiary/aromatic N) is 4. The van der Waals surface area contributed by atoms with Gasteiger partial charge in [-0.25, -0.2) is 9.29 Å². The summed E-state index contributed by atoms with van der Waals surface area (Å²) in [6.07, 6.45) is 0. The number of anilines is 3. The maximum absolute atomic E-state index is 4.79. The molecule has 0 radical (unpaired) electrons. The molecule has 162 valence electrons. The van der Waals surface area contributed by atoms with E-state index >= 15 is 0 Å². The van der Waals surface area contributed by atoms with Crippen LogP contribution in [0.3, 0.4) is 0 Å². The lowest BCUT2D eigenvalue weighted by molar-refractivity contribution is 0.426. The van der Waals surface area contributed by atoms with Crippen LogP contribution < -0.4 is 10.2 Å². The summed E-state index contributed by atoms with van der Waals surface area (Å²) >= 11 is 1.84. The zero-order valence-corrected chi connectivity index (χ0v) is 19.6. The van der Waals surface area contributed by atoms with Crippen LogP contribution in [-0.2, 0) is 0 Å². The van der Waals surface area contributed by atoms with Gasteiger partial charge in [0.25, 0.3) is 0 Å². The van der Waals surface area contributed by atoms with E-state index < -0.39 is 0 Å². The van der Waals surface area contributed by atoms with Crippen molar-refractivity contribution in [3.8, 4) is 0 Å². The lowest BCUT2D eigenvalue weighted by atomic mass is 10.0. The summed E-state index contributed by atoms with van der Waals surface area (Å²) in [5.74, 6) is 2.22. The first-order valence-electron chi connectivity index (χ1n) is 10.9. The maximum Gasteiger partial charge on any atom is 0.227 e. The molecule has 0 spiro atoms. The molecule has 1 N–H and O–H groups in total. The molecule has 0 bridgehead atoms. The van der Waals surface area contributed by atoms with E-state index in [1.54, 1.807) is 0 Å². The molecular weight excluding hydrogens is 402 g/mol. The molecule has 1 aliphatic rings. The molecule has 0 saturated carbocycles. The van der Waals surface area contributed by atoms with Crippen molar-refractivity contribution < 1.29 is 0 Å². The van der Waals surface area contributed by atoms with E-state index in [1.165, 1.54) is 16.0 Å². The van der Waals surface area contributed by atoms with E-state index in [-0.39, 0.29) is 0 Å². The Labute approximate surface area is 190 Å². The lowest BCUT2D eigenvalue weighted by Gasteiger charge is -2.34. The van der Waals surface area contributed by atoms with Crippen LogP contribution in [0.2, 0.25) is 0 Å². The maximum atomic E-state index is 4.79. The summed E-state index contributed by atoms with van der Waals surface area (Å²) in [7, 11) is 0. The van der Waals surface area contributed by atoms with Crippen LogP contribution in [0.4, 0.5) is 17.5 Å². The van der Waals surface area contributed by atoms with E-state index in [0.717, 1.165) is 49.3 Å². The first-order chi connectivity index (χ1) is 15.0. The molecule has 6 heteroatoms. The van der Waals surface area contributed by atoms with Gasteiger partial charge in [0.05, 0.1) is 0 Å². The van der Waals surface area contributed by atoms with Gasteiger partial charge in [-0.15, -0.1) is 0 Å². The van der Waals surface area contributed by atoms with Gasteiger partial charge in [-0.2, -0.15) is 4.98 Å². The topological polar surface area (TPSA) is 44.3 Å². The molecule has 0 unspecified atom stereocenters. The van der Waals surface area contributed by atoms with Crippen molar-refractivity contribution in [3.05, 3.63) is 71.4 Å². The van der Waals surface area contributed by atoms with Gasteiger partial charge in [-0.05, 0) is 61.5 Å². The van der Waals surface area contributed by atoms with Crippen LogP contribution in [0.25, 0.3) is 0 Å². The van der Waals surface area contributed by atoms with Gasteiger partial charge in [-0.3, -0.25) is 0 Å². The third-order valence-electron chi connectivity index (χ3n) is 5.47. The van der Waals surface area contributed by atoms with Crippen molar-refractivity contribution in [3.63, 3.8) is 0 Å². The third kappa shape index (κ3) is 5.77. The highest BCUT2D eigenvalue weighted by Gasteiger charge is 2.20. The highest BCUT2D eigenvalue weighted by atomic mass is 32.2. The van der Waals surface area contributed by atoms with Crippen LogP contribution in [0, 0.1) is 13.8 Å². The summed E-state index contributed by atoms with van der Waals surface area (Å²) in [4.78, 5) is 13.1. The van der Waals surface area contributed by atoms with Crippen LogP contribution in [0.1, 0.15) is 36.6 Å². The number of benzene rings is 2. The van der Waals surface area contributed by atoms with E-state index in [9.17, 15) is 0 Å². The summed E-state index contributed by atoms with van der Waals surface area (Å²) in [5.41, 5.74) is 4.65. The van der Waals surface area contributed by atoms with E-state index in [4.69, 9.17) is 9.97 Å². The first-order valence-corrected chi connectivity index (χ1v) is 11.7. The van der Waals surface area contributed by atoms with E-state index in [0.29, 0.717) is 5.92 Å². The second kappa shape index (κ2) is 9.71. The number of aromatic nitrogens is 2. The molecule has 1 aromatic heterocycles. The highest BCUT2D eigenvalue weighted by molar-refractivity contribution is 7.97. The zero-order chi connectivity index (χ0) is 21.8. The summed E-state index contributed by atoms with van der Waals surface area (Å²) in [6, 6.07) is 19.3. The fraction of sp³-hybridized carbons (Fsp3) is 0.360. The highest BCUT2D eigenvalue weighted by Crippen LogP contribution is 2.27. The van der Waals surface area contributed by atoms with Crippen molar-refractivity contribution in [1.82, 2.24) is 14.3 Å². The normalized spacial score (nSPS) is 14.8. The number of nitrogens with one attached hydrogen (secondary N) is 1. The minimum Gasteiger partial charge on any atom is -0.340 e. The molecule has 1 aliphatic heterocycles.